The minimum absolute atomic E-state index is 0.219. The second-order valence-electron chi connectivity index (χ2n) is 4.92. The van der Waals surface area contributed by atoms with E-state index in [4.69, 9.17) is 4.84 Å². The van der Waals surface area contributed by atoms with Crippen molar-refractivity contribution < 1.29 is 14.4 Å². The van der Waals surface area contributed by atoms with E-state index < -0.39 is 11.9 Å². The van der Waals surface area contributed by atoms with Gasteiger partial charge in [0.15, 0.2) is 5.84 Å². The Morgan fingerprint density at radius 2 is 1.65 bits per heavy atom. The Morgan fingerprint density at radius 3 is 2.26 bits per heavy atom. The van der Waals surface area contributed by atoms with Gasteiger partial charge < -0.3 is 4.84 Å². The first-order chi connectivity index (χ1) is 11.1. The average molecular weight is 306 g/mol. The van der Waals surface area contributed by atoms with Gasteiger partial charge in [-0.2, -0.15) is 0 Å². The number of carbonyl (C=O) groups is 2. The Bertz CT molecular complexity index is 796. The molecule has 0 spiro atoms. The Balaban J connectivity index is 2.03. The van der Waals surface area contributed by atoms with Crippen LogP contribution in [0.15, 0.2) is 71.4 Å². The summed E-state index contributed by atoms with van der Waals surface area (Å²) in [5, 5.41) is 0.937. The molecule has 0 atom stereocenters. The van der Waals surface area contributed by atoms with Gasteiger partial charge in [0, 0.05) is 12.5 Å². The first-order valence-corrected chi connectivity index (χ1v) is 7.09. The van der Waals surface area contributed by atoms with E-state index in [0.717, 1.165) is 10.6 Å². The van der Waals surface area contributed by atoms with Crippen LogP contribution in [0.4, 0.5) is 0 Å². The van der Waals surface area contributed by atoms with Crippen LogP contribution in [-0.2, 0) is 14.4 Å². The largest absolute Gasteiger partial charge is 0.332 e. The van der Waals surface area contributed by atoms with Gasteiger partial charge in [0.2, 0.25) is 0 Å². The molecule has 2 aromatic rings. The first kappa shape index (κ1) is 14.7. The summed E-state index contributed by atoms with van der Waals surface area (Å²) in [6, 6.07) is 18.5. The highest BCUT2D eigenvalue weighted by molar-refractivity contribution is 6.19. The van der Waals surface area contributed by atoms with E-state index in [-0.39, 0.29) is 5.70 Å². The molecule has 3 rings (SSSR count). The molecule has 0 radical (unpaired) electrons. The van der Waals surface area contributed by atoms with E-state index in [1.807, 2.05) is 48.5 Å². The predicted molar refractivity (Wildman–Crippen MR) is 86.0 cm³/mol. The third kappa shape index (κ3) is 3.18. The van der Waals surface area contributed by atoms with Gasteiger partial charge >= 0.3 is 11.9 Å². The zero-order valence-electron chi connectivity index (χ0n) is 12.5. The van der Waals surface area contributed by atoms with Gasteiger partial charge in [-0.05, 0) is 11.6 Å². The number of amides is 1. The highest BCUT2D eigenvalue weighted by atomic mass is 16.7. The Labute approximate surface area is 133 Å². The summed E-state index contributed by atoms with van der Waals surface area (Å²) in [7, 11) is 0. The van der Waals surface area contributed by atoms with Crippen molar-refractivity contribution in [3.05, 3.63) is 77.5 Å². The van der Waals surface area contributed by atoms with Crippen LogP contribution in [-0.4, -0.2) is 22.8 Å². The number of carbonyl (C=O) groups excluding carboxylic acids is 2. The van der Waals surface area contributed by atoms with Crippen molar-refractivity contribution in [1.82, 2.24) is 5.06 Å². The molecule has 0 bridgehead atoms. The van der Waals surface area contributed by atoms with E-state index in [1.165, 1.54) is 6.92 Å². The Morgan fingerprint density at radius 1 is 1.04 bits per heavy atom. The number of rotatable bonds is 3. The number of aliphatic imine (C=N–C) groups is 1. The Kier molecular flexibility index (Phi) is 4.01. The van der Waals surface area contributed by atoms with Crippen molar-refractivity contribution in [1.29, 1.82) is 0 Å². The molecule has 5 heteroatoms. The molecule has 0 saturated heterocycles. The molecule has 5 nitrogen and oxygen atoms in total. The minimum atomic E-state index is -0.581. The SMILES string of the molecule is CC(=O)ON1C(=O)/C(=C\c2ccccc2)N=C1c1ccccc1. The maximum Gasteiger partial charge on any atom is 0.330 e. The van der Waals surface area contributed by atoms with E-state index in [2.05, 4.69) is 4.99 Å². The molecule has 1 heterocycles. The molecule has 0 aliphatic carbocycles. The number of hydrogen-bond donors (Lipinski definition) is 0. The van der Waals surface area contributed by atoms with Crippen molar-refractivity contribution in [3.63, 3.8) is 0 Å². The van der Waals surface area contributed by atoms with Crippen LogP contribution in [0.1, 0.15) is 18.1 Å². The molecule has 1 aliphatic rings. The minimum Gasteiger partial charge on any atom is -0.332 e. The third-order valence-corrected chi connectivity index (χ3v) is 3.18. The topological polar surface area (TPSA) is 59.0 Å². The smallest absolute Gasteiger partial charge is 0.330 e. The quantitative estimate of drug-likeness (QED) is 0.819. The monoisotopic (exact) mass is 306 g/mol. The number of nitrogens with zero attached hydrogens (tertiary/aromatic N) is 2. The molecule has 1 amide bonds. The molecule has 0 aromatic heterocycles. The van der Waals surface area contributed by atoms with Gasteiger partial charge in [-0.15, -0.1) is 5.06 Å². The standard InChI is InChI=1S/C18H14N2O3/c1-13(21)23-20-17(15-10-6-3-7-11-15)19-16(18(20)22)12-14-8-4-2-5-9-14/h2-12H,1H3/b16-12+. The van der Waals surface area contributed by atoms with Crippen LogP contribution in [0.2, 0.25) is 0 Å². The Hall–Kier alpha value is -3.21. The summed E-state index contributed by atoms with van der Waals surface area (Å²) >= 11 is 0. The molecule has 0 saturated carbocycles. The lowest BCUT2D eigenvalue weighted by Gasteiger charge is -2.15. The van der Waals surface area contributed by atoms with Crippen LogP contribution in [0.5, 0.6) is 0 Å². The number of amidine groups is 1. The molecule has 0 N–H and O–H groups in total. The van der Waals surface area contributed by atoms with E-state index in [9.17, 15) is 9.59 Å². The van der Waals surface area contributed by atoms with Gasteiger partial charge in [-0.1, -0.05) is 60.7 Å². The molecule has 0 fully saturated rings. The van der Waals surface area contributed by atoms with Crippen molar-refractivity contribution in [2.45, 2.75) is 6.92 Å². The van der Waals surface area contributed by atoms with Crippen LogP contribution < -0.4 is 0 Å². The van der Waals surface area contributed by atoms with Gasteiger partial charge in [0.25, 0.3) is 0 Å². The lowest BCUT2D eigenvalue weighted by molar-refractivity contribution is -0.176. The molecule has 2 aromatic carbocycles. The molecule has 0 unspecified atom stereocenters. The summed E-state index contributed by atoms with van der Waals surface area (Å²) in [4.78, 5) is 33.2. The summed E-state index contributed by atoms with van der Waals surface area (Å²) in [6.45, 7) is 1.24. The number of hydrogen-bond acceptors (Lipinski definition) is 4. The maximum absolute atomic E-state index is 12.5. The number of hydroxylamine groups is 2. The fourth-order valence-electron chi connectivity index (χ4n) is 2.19. The molecule has 114 valence electrons. The molecular weight excluding hydrogens is 292 g/mol. The van der Waals surface area contributed by atoms with Crippen molar-refractivity contribution >= 4 is 23.8 Å². The summed E-state index contributed by atoms with van der Waals surface area (Å²) in [6.07, 6.45) is 1.66. The average Bonchev–Trinajstić information content (AvgIpc) is 2.86. The summed E-state index contributed by atoms with van der Waals surface area (Å²) in [5.41, 5.74) is 1.76. The zero-order valence-corrected chi connectivity index (χ0v) is 12.5. The summed E-state index contributed by atoms with van der Waals surface area (Å²) < 4.78 is 0. The second-order valence-corrected chi connectivity index (χ2v) is 4.92. The van der Waals surface area contributed by atoms with Gasteiger partial charge in [0.1, 0.15) is 5.70 Å². The predicted octanol–water partition coefficient (Wildman–Crippen LogP) is 2.79. The van der Waals surface area contributed by atoms with Crippen molar-refractivity contribution in [2.24, 2.45) is 4.99 Å². The van der Waals surface area contributed by atoms with Gasteiger partial charge in [-0.25, -0.2) is 9.79 Å². The third-order valence-electron chi connectivity index (χ3n) is 3.18. The van der Waals surface area contributed by atoms with Gasteiger partial charge in [0.05, 0.1) is 0 Å². The van der Waals surface area contributed by atoms with Crippen LogP contribution in [0, 0.1) is 0 Å². The highest BCUT2D eigenvalue weighted by Crippen LogP contribution is 2.22. The fourth-order valence-corrected chi connectivity index (χ4v) is 2.19. The molecule has 23 heavy (non-hydrogen) atoms. The summed E-state index contributed by atoms with van der Waals surface area (Å²) in [5.74, 6) is -0.751. The highest BCUT2D eigenvalue weighted by Gasteiger charge is 2.34. The van der Waals surface area contributed by atoms with Gasteiger partial charge in [-0.3, -0.25) is 4.79 Å². The molecule has 1 aliphatic heterocycles. The fraction of sp³-hybridized carbons (Fsp3) is 0.0556. The van der Waals surface area contributed by atoms with Crippen molar-refractivity contribution in [2.75, 3.05) is 0 Å². The van der Waals surface area contributed by atoms with Crippen LogP contribution >= 0.6 is 0 Å². The number of benzene rings is 2. The zero-order chi connectivity index (χ0) is 16.2. The van der Waals surface area contributed by atoms with Crippen LogP contribution in [0.25, 0.3) is 6.08 Å². The van der Waals surface area contributed by atoms with E-state index in [0.29, 0.717) is 11.4 Å². The second kappa shape index (κ2) is 6.27. The maximum atomic E-state index is 12.5. The lowest BCUT2D eigenvalue weighted by Crippen LogP contribution is -2.34. The van der Waals surface area contributed by atoms with E-state index >= 15 is 0 Å². The van der Waals surface area contributed by atoms with Crippen molar-refractivity contribution in [3.8, 4) is 0 Å². The van der Waals surface area contributed by atoms with Crippen LogP contribution in [0.3, 0.4) is 0 Å². The molecular formula is C18H14N2O3. The lowest BCUT2D eigenvalue weighted by atomic mass is 10.2. The first-order valence-electron chi connectivity index (χ1n) is 7.09. The van der Waals surface area contributed by atoms with E-state index in [1.54, 1.807) is 18.2 Å². The normalized spacial score (nSPS) is 15.7.